The topological polar surface area (TPSA) is 9.23 Å². The summed E-state index contributed by atoms with van der Waals surface area (Å²) < 4.78 is 6.65. The van der Waals surface area contributed by atoms with Crippen LogP contribution in [0.2, 0.25) is 0 Å². The van der Waals surface area contributed by atoms with Crippen molar-refractivity contribution in [3.63, 3.8) is 0 Å². The van der Waals surface area contributed by atoms with E-state index in [4.69, 9.17) is 4.74 Å². The van der Waals surface area contributed by atoms with Gasteiger partial charge in [-0.3, -0.25) is 0 Å². The minimum atomic E-state index is 0.262. The lowest BCUT2D eigenvalue weighted by atomic mass is 10.2. The Kier molecular flexibility index (Phi) is 2.73. The maximum Gasteiger partial charge on any atom is 0.128 e. The molecule has 1 aliphatic rings. The SMILES string of the molecule is Brc1ccc([C@H]2OCCS2)cc1. The molecule has 12 heavy (non-hydrogen) atoms. The van der Waals surface area contributed by atoms with E-state index in [-0.39, 0.29) is 5.44 Å². The zero-order valence-corrected chi connectivity index (χ0v) is 8.90. The van der Waals surface area contributed by atoms with Gasteiger partial charge in [-0.1, -0.05) is 28.1 Å². The first-order valence-electron chi connectivity index (χ1n) is 3.85. The van der Waals surface area contributed by atoms with Gasteiger partial charge in [0.25, 0.3) is 0 Å². The maximum atomic E-state index is 5.53. The monoisotopic (exact) mass is 244 g/mol. The third-order valence-corrected chi connectivity index (χ3v) is 3.41. The normalized spacial score (nSPS) is 22.9. The molecule has 64 valence electrons. The van der Waals surface area contributed by atoms with E-state index in [0.29, 0.717) is 0 Å². The van der Waals surface area contributed by atoms with Crippen LogP contribution in [0, 0.1) is 0 Å². The average molecular weight is 245 g/mol. The Morgan fingerprint density at radius 3 is 2.67 bits per heavy atom. The largest absolute Gasteiger partial charge is 0.362 e. The molecule has 0 radical (unpaired) electrons. The van der Waals surface area contributed by atoms with E-state index in [1.54, 1.807) is 0 Å². The fourth-order valence-corrected chi connectivity index (χ4v) is 2.38. The lowest BCUT2D eigenvalue weighted by Crippen LogP contribution is -1.91. The van der Waals surface area contributed by atoms with Crippen LogP contribution in [0.15, 0.2) is 28.7 Å². The molecule has 1 fully saturated rings. The molecule has 0 bridgehead atoms. The van der Waals surface area contributed by atoms with Gasteiger partial charge < -0.3 is 4.74 Å². The van der Waals surface area contributed by atoms with Crippen LogP contribution in [0.1, 0.15) is 11.0 Å². The fraction of sp³-hybridized carbons (Fsp3) is 0.333. The number of ether oxygens (including phenoxy) is 1. The van der Waals surface area contributed by atoms with Crippen LogP contribution < -0.4 is 0 Å². The van der Waals surface area contributed by atoms with Crippen molar-refractivity contribution in [2.45, 2.75) is 5.44 Å². The molecule has 0 N–H and O–H groups in total. The molecule has 0 unspecified atom stereocenters. The van der Waals surface area contributed by atoms with Crippen molar-refractivity contribution in [3.05, 3.63) is 34.3 Å². The molecule has 1 atom stereocenters. The molecule has 0 spiro atoms. The van der Waals surface area contributed by atoms with Gasteiger partial charge in [0.05, 0.1) is 6.61 Å². The van der Waals surface area contributed by atoms with E-state index >= 15 is 0 Å². The second-order valence-corrected chi connectivity index (χ2v) is 4.71. The van der Waals surface area contributed by atoms with Crippen LogP contribution in [0.4, 0.5) is 0 Å². The van der Waals surface area contributed by atoms with Gasteiger partial charge in [0.15, 0.2) is 0 Å². The molecule has 1 nitrogen and oxygen atoms in total. The molecule has 1 aliphatic heterocycles. The van der Waals surface area contributed by atoms with E-state index < -0.39 is 0 Å². The van der Waals surface area contributed by atoms with Crippen LogP contribution in [-0.2, 0) is 4.74 Å². The first-order valence-corrected chi connectivity index (χ1v) is 5.69. The number of hydrogen-bond acceptors (Lipinski definition) is 2. The van der Waals surface area contributed by atoms with Gasteiger partial charge in [-0.15, -0.1) is 11.8 Å². The second-order valence-electron chi connectivity index (χ2n) is 2.63. The average Bonchev–Trinajstić information content (AvgIpc) is 2.58. The van der Waals surface area contributed by atoms with Crippen molar-refractivity contribution >= 4 is 27.7 Å². The van der Waals surface area contributed by atoms with Gasteiger partial charge >= 0.3 is 0 Å². The molecule has 2 rings (SSSR count). The molecular weight excluding hydrogens is 236 g/mol. The standard InChI is InChI=1S/C9H9BrOS/c10-8-3-1-7(2-4-8)9-11-5-6-12-9/h1-4,9H,5-6H2/t9-/m0/s1. The molecule has 1 heterocycles. The Morgan fingerprint density at radius 1 is 1.33 bits per heavy atom. The zero-order valence-electron chi connectivity index (χ0n) is 6.50. The Morgan fingerprint density at radius 2 is 2.08 bits per heavy atom. The summed E-state index contributed by atoms with van der Waals surface area (Å²) in [7, 11) is 0. The van der Waals surface area contributed by atoms with Crippen molar-refractivity contribution in [2.75, 3.05) is 12.4 Å². The molecule has 1 aromatic rings. The highest BCUT2D eigenvalue weighted by molar-refractivity contribution is 9.10. The summed E-state index contributed by atoms with van der Waals surface area (Å²) in [6.07, 6.45) is 0. The molecule has 3 heteroatoms. The minimum absolute atomic E-state index is 0.262. The smallest absolute Gasteiger partial charge is 0.128 e. The van der Waals surface area contributed by atoms with Gasteiger partial charge in [0.2, 0.25) is 0 Å². The molecule has 1 saturated heterocycles. The van der Waals surface area contributed by atoms with Crippen molar-refractivity contribution in [1.29, 1.82) is 0 Å². The van der Waals surface area contributed by atoms with Gasteiger partial charge in [0.1, 0.15) is 5.44 Å². The summed E-state index contributed by atoms with van der Waals surface area (Å²) >= 11 is 5.27. The van der Waals surface area contributed by atoms with Crippen LogP contribution in [-0.4, -0.2) is 12.4 Å². The van der Waals surface area contributed by atoms with Gasteiger partial charge in [-0.2, -0.15) is 0 Å². The molecule has 0 amide bonds. The van der Waals surface area contributed by atoms with Crippen LogP contribution >= 0.6 is 27.7 Å². The van der Waals surface area contributed by atoms with E-state index in [9.17, 15) is 0 Å². The Labute approximate surface area is 84.6 Å². The number of hydrogen-bond donors (Lipinski definition) is 0. The predicted octanol–water partition coefficient (Wildman–Crippen LogP) is 3.21. The van der Waals surface area contributed by atoms with Gasteiger partial charge in [0, 0.05) is 10.2 Å². The van der Waals surface area contributed by atoms with Crippen molar-refractivity contribution in [3.8, 4) is 0 Å². The molecule has 0 saturated carbocycles. The molecule has 1 aromatic carbocycles. The summed E-state index contributed by atoms with van der Waals surface area (Å²) in [6.45, 7) is 0.880. The summed E-state index contributed by atoms with van der Waals surface area (Å²) in [5.74, 6) is 1.11. The fourth-order valence-electron chi connectivity index (χ4n) is 1.17. The third kappa shape index (κ3) is 1.84. The summed E-state index contributed by atoms with van der Waals surface area (Å²) in [5.41, 5.74) is 1.53. The number of benzene rings is 1. The van der Waals surface area contributed by atoms with E-state index in [1.807, 2.05) is 11.8 Å². The Hall–Kier alpha value is 0.01000. The Balaban J connectivity index is 2.17. The molecular formula is C9H9BrOS. The van der Waals surface area contributed by atoms with Crippen LogP contribution in [0.25, 0.3) is 0 Å². The van der Waals surface area contributed by atoms with Crippen LogP contribution in [0.3, 0.4) is 0 Å². The third-order valence-electron chi connectivity index (χ3n) is 1.76. The lowest BCUT2D eigenvalue weighted by molar-refractivity contribution is 0.145. The quantitative estimate of drug-likeness (QED) is 0.751. The summed E-state index contributed by atoms with van der Waals surface area (Å²) in [4.78, 5) is 0. The number of thioether (sulfide) groups is 1. The van der Waals surface area contributed by atoms with E-state index in [2.05, 4.69) is 40.2 Å². The Bertz CT molecular complexity index is 254. The number of rotatable bonds is 1. The van der Waals surface area contributed by atoms with Gasteiger partial charge in [-0.05, 0) is 17.7 Å². The summed E-state index contributed by atoms with van der Waals surface area (Å²) in [6, 6.07) is 8.31. The van der Waals surface area contributed by atoms with Crippen molar-refractivity contribution < 1.29 is 4.74 Å². The predicted molar refractivity (Wildman–Crippen MR) is 55.3 cm³/mol. The first-order chi connectivity index (χ1) is 5.86. The highest BCUT2D eigenvalue weighted by Gasteiger charge is 2.17. The van der Waals surface area contributed by atoms with Gasteiger partial charge in [-0.25, -0.2) is 0 Å². The zero-order chi connectivity index (χ0) is 8.39. The maximum absolute atomic E-state index is 5.53. The molecule has 0 aliphatic carbocycles. The second kappa shape index (κ2) is 3.81. The van der Waals surface area contributed by atoms with Crippen molar-refractivity contribution in [1.82, 2.24) is 0 Å². The van der Waals surface area contributed by atoms with Crippen molar-refractivity contribution in [2.24, 2.45) is 0 Å². The molecule has 0 aromatic heterocycles. The van der Waals surface area contributed by atoms with E-state index in [1.165, 1.54) is 5.56 Å². The minimum Gasteiger partial charge on any atom is -0.362 e. The number of halogens is 1. The highest BCUT2D eigenvalue weighted by atomic mass is 79.9. The van der Waals surface area contributed by atoms with E-state index in [0.717, 1.165) is 16.8 Å². The summed E-state index contributed by atoms with van der Waals surface area (Å²) in [5, 5.41) is 0. The lowest BCUT2D eigenvalue weighted by Gasteiger charge is -2.07. The van der Waals surface area contributed by atoms with Crippen LogP contribution in [0.5, 0.6) is 0 Å². The first kappa shape index (κ1) is 8.60. The highest BCUT2D eigenvalue weighted by Crippen LogP contribution is 2.35.